The fraction of sp³-hybridized carbons (Fsp3) is 0.240. The number of amides is 1. The zero-order valence-electron chi connectivity index (χ0n) is 17.2. The number of hydrogen-bond donors (Lipinski definition) is 0. The first kappa shape index (κ1) is 20.4. The van der Waals surface area contributed by atoms with Gasteiger partial charge in [0.2, 0.25) is 0 Å². The van der Waals surface area contributed by atoms with Crippen LogP contribution in [0.25, 0.3) is 0 Å². The lowest BCUT2D eigenvalue weighted by atomic mass is 10.1. The molecule has 0 aromatic heterocycles. The molecule has 1 heterocycles. The summed E-state index contributed by atoms with van der Waals surface area (Å²) < 4.78 is 10.7. The molecule has 1 amide bonds. The Kier molecular flexibility index (Phi) is 6.29. The first-order valence-electron chi connectivity index (χ1n) is 10.00. The van der Waals surface area contributed by atoms with Crippen LogP contribution in [-0.2, 0) is 6.42 Å². The molecule has 154 valence electrons. The number of carbonyl (C=O) groups is 1. The van der Waals surface area contributed by atoms with Crippen molar-refractivity contribution in [2.45, 2.75) is 17.4 Å². The minimum atomic E-state index is 0.0686. The van der Waals surface area contributed by atoms with Crippen LogP contribution >= 0.6 is 11.8 Å². The van der Waals surface area contributed by atoms with Gasteiger partial charge in [0, 0.05) is 22.8 Å². The van der Waals surface area contributed by atoms with Crippen LogP contribution in [0.2, 0.25) is 0 Å². The lowest BCUT2D eigenvalue weighted by Crippen LogP contribution is -2.31. The Labute approximate surface area is 181 Å². The molecule has 0 bridgehead atoms. The summed E-state index contributed by atoms with van der Waals surface area (Å²) in [5.74, 6) is 2.37. The Morgan fingerprint density at radius 2 is 1.63 bits per heavy atom. The summed E-state index contributed by atoms with van der Waals surface area (Å²) in [6.45, 7) is 0.656. The van der Waals surface area contributed by atoms with Crippen molar-refractivity contribution in [2.24, 2.45) is 0 Å². The number of hydrogen-bond acceptors (Lipinski definition) is 4. The molecule has 0 saturated heterocycles. The summed E-state index contributed by atoms with van der Waals surface area (Å²) in [6, 6.07) is 24.3. The highest BCUT2D eigenvalue weighted by atomic mass is 32.2. The van der Waals surface area contributed by atoms with E-state index in [9.17, 15) is 4.79 Å². The van der Waals surface area contributed by atoms with Crippen molar-refractivity contribution in [2.75, 3.05) is 26.5 Å². The molecular weight excluding hydrogens is 394 g/mol. The predicted octanol–water partition coefficient (Wildman–Crippen LogP) is 5.24. The van der Waals surface area contributed by atoms with Gasteiger partial charge in [-0.2, -0.15) is 0 Å². The van der Waals surface area contributed by atoms with Gasteiger partial charge >= 0.3 is 0 Å². The third-order valence-electron chi connectivity index (χ3n) is 5.43. The van der Waals surface area contributed by atoms with Gasteiger partial charge in [-0.15, -0.1) is 11.8 Å². The third-order valence-corrected chi connectivity index (χ3v) is 6.52. The van der Waals surface area contributed by atoms with Crippen LogP contribution < -0.4 is 9.47 Å². The second kappa shape index (κ2) is 9.26. The van der Waals surface area contributed by atoms with E-state index in [2.05, 4.69) is 18.2 Å². The molecule has 0 aliphatic carbocycles. The van der Waals surface area contributed by atoms with Gasteiger partial charge in [0.25, 0.3) is 5.91 Å². The lowest BCUT2D eigenvalue weighted by molar-refractivity contribution is 0.0742. The van der Waals surface area contributed by atoms with Crippen LogP contribution in [0.3, 0.4) is 0 Å². The van der Waals surface area contributed by atoms with Crippen LogP contribution in [0.4, 0.5) is 0 Å². The average Bonchev–Trinajstić information content (AvgIpc) is 3.07. The van der Waals surface area contributed by atoms with Crippen molar-refractivity contribution in [3.05, 3.63) is 89.5 Å². The van der Waals surface area contributed by atoms with Gasteiger partial charge in [-0.05, 0) is 47.9 Å². The minimum absolute atomic E-state index is 0.0686. The quantitative estimate of drug-likeness (QED) is 0.468. The number of rotatable bonds is 8. The molecule has 5 heteroatoms. The van der Waals surface area contributed by atoms with Crippen LogP contribution in [0.5, 0.6) is 11.5 Å². The molecular formula is C25H25NO3S. The molecule has 0 N–H and O–H groups in total. The largest absolute Gasteiger partial charge is 0.493 e. The number of ether oxygens (including phenoxy) is 2. The number of methoxy groups -OCH3 is 2. The molecule has 3 aromatic carbocycles. The molecule has 1 aliphatic rings. The predicted molar refractivity (Wildman–Crippen MR) is 121 cm³/mol. The minimum Gasteiger partial charge on any atom is -0.493 e. The summed E-state index contributed by atoms with van der Waals surface area (Å²) in [5, 5.41) is 0. The second-order valence-electron chi connectivity index (χ2n) is 7.16. The maximum absolute atomic E-state index is 13.1. The zero-order valence-corrected chi connectivity index (χ0v) is 18.0. The van der Waals surface area contributed by atoms with Gasteiger partial charge in [0.05, 0.1) is 20.3 Å². The highest BCUT2D eigenvalue weighted by Gasteiger charge is 2.35. The van der Waals surface area contributed by atoms with E-state index in [4.69, 9.17) is 9.47 Å². The number of nitrogens with zero attached hydrogens (tertiary/aromatic N) is 1. The zero-order chi connectivity index (χ0) is 20.9. The third kappa shape index (κ3) is 4.17. The van der Waals surface area contributed by atoms with Gasteiger partial charge in [-0.3, -0.25) is 4.79 Å². The highest BCUT2D eigenvalue weighted by molar-refractivity contribution is 7.99. The lowest BCUT2D eigenvalue weighted by Gasteiger charge is -2.25. The number of carbonyl (C=O) groups excluding carboxylic acids is 1. The SMILES string of the molecule is COc1ccc(CCN2C(=O)c3ccccc3C2CSc2ccccc2)cc1OC. The van der Waals surface area contributed by atoms with E-state index in [1.807, 2.05) is 59.5 Å². The van der Waals surface area contributed by atoms with Crippen LogP contribution in [-0.4, -0.2) is 37.3 Å². The van der Waals surface area contributed by atoms with Crippen molar-refractivity contribution in [1.82, 2.24) is 4.90 Å². The van der Waals surface area contributed by atoms with Crippen molar-refractivity contribution in [3.63, 3.8) is 0 Å². The molecule has 1 unspecified atom stereocenters. The Balaban J connectivity index is 1.52. The molecule has 1 atom stereocenters. The van der Waals surface area contributed by atoms with E-state index in [0.717, 1.165) is 28.9 Å². The van der Waals surface area contributed by atoms with Gasteiger partial charge in [0.1, 0.15) is 0 Å². The van der Waals surface area contributed by atoms with E-state index in [1.54, 1.807) is 26.0 Å². The molecule has 3 aromatic rings. The molecule has 4 rings (SSSR count). The molecule has 0 fully saturated rings. The van der Waals surface area contributed by atoms with Crippen LogP contribution in [0, 0.1) is 0 Å². The van der Waals surface area contributed by atoms with Crippen molar-refractivity contribution >= 4 is 17.7 Å². The van der Waals surface area contributed by atoms with E-state index in [1.165, 1.54) is 4.90 Å². The normalized spacial score (nSPS) is 15.2. The fourth-order valence-corrected chi connectivity index (χ4v) is 4.92. The second-order valence-corrected chi connectivity index (χ2v) is 8.26. The molecule has 1 aliphatic heterocycles. The van der Waals surface area contributed by atoms with E-state index in [0.29, 0.717) is 18.0 Å². The molecule has 30 heavy (non-hydrogen) atoms. The van der Waals surface area contributed by atoms with Crippen LogP contribution in [0.1, 0.15) is 27.5 Å². The van der Waals surface area contributed by atoms with E-state index >= 15 is 0 Å². The fourth-order valence-electron chi connectivity index (χ4n) is 3.86. The van der Waals surface area contributed by atoms with Gasteiger partial charge in [-0.25, -0.2) is 0 Å². The van der Waals surface area contributed by atoms with Crippen LogP contribution in [0.15, 0.2) is 77.7 Å². The summed E-state index contributed by atoms with van der Waals surface area (Å²) in [5.41, 5.74) is 3.06. The van der Waals surface area contributed by atoms with Gasteiger partial charge < -0.3 is 14.4 Å². The number of thioether (sulfide) groups is 1. The summed E-state index contributed by atoms with van der Waals surface area (Å²) in [7, 11) is 3.27. The summed E-state index contributed by atoms with van der Waals surface area (Å²) in [4.78, 5) is 16.4. The number of fused-ring (bicyclic) bond motifs is 1. The topological polar surface area (TPSA) is 38.8 Å². The Bertz CT molecular complexity index is 1020. The maximum Gasteiger partial charge on any atom is 0.254 e. The first-order chi connectivity index (χ1) is 14.7. The van der Waals surface area contributed by atoms with E-state index in [-0.39, 0.29) is 11.9 Å². The molecule has 0 saturated carbocycles. The number of benzene rings is 3. The maximum atomic E-state index is 13.1. The molecule has 4 nitrogen and oxygen atoms in total. The summed E-state index contributed by atoms with van der Waals surface area (Å²) >= 11 is 1.79. The van der Waals surface area contributed by atoms with Gasteiger partial charge in [0.15, 0.2) is 11.5 Å². The monoisotopic (exact) mass is 419 g/mol. The highest BCUT2D eigenvalue weighted by Crippen LogP contribution is 2.37. The Morgan fingerprint density at radius 1 is 0.900 bits per heavy atom. The summed E-state index contributed by atoms with van der Waals surface area (Å²) in [6.07, 6.45) is 0.757. The van der Waals surface area contributed by atoms with Gasteiger partial charge in [-0.1, -0.05) is 42.5 Å². The Hall–Kier alpha value is -2.92. The van der Waals surface area contributed by atoms with Crippen molar-refractivity contribution < 1.29 is 14.3 Å². The van der Waals surface area contributed by atoms with Crippen molar-refractivity contribution in [3.8, 4) is 11.5 Å². The molecule has 0 spiro atoms. The standard InChI is InChI=1S/C25H25NO3S/c1-28-23-13-12-18(16-24(23)29-2)14-15-26-22(17-30-19-8-4-3-5-9-19)20-10-6-7-11-21(20)25(26)27/h3-13,16,22H,14-15,17H2,1-2H3. The smallest absolute Gasteiger partial charge is 0.254 e. The van der Waals surface area contributed by atoms with Crippen molar-refractivity contribution in [1.29, 1.82) is 0 Å². The molecule has 0 radical (unpaired) electrons. The Morgan fingerprint density at radius 3 is 2.40 bits per heavy atom. The first-order valence-corrected chi connectivity index (χ1v) is 11.0. The van der Waals surface area contributed by atoms with E-state index < -0.39 is 0 Å². The average molecular weight is 420 g/mol.